The predicted molar refractivity (Wildman–Crippen MR) is 102 cm³/mol. The van der Waals surface area contributed by atoms with Crippen molar-refractivity contribution in [3.05, 3.63) is 64.8 Å². The molecule has 1 aliphatic rings. The number of aromatic nitrogens is 1. The Morgan fingerprint density at radius 2 is 1.81 bits per heavy atom. The highest BCUT2D eigenvalue weighted by molar-refractivity contribution is 6.08. The lowest BCUT2D eigenvalue weighted by molar-refractivity contribution is 0.0935. The van der Waals surface area contributed by atoms with Crippen LogP contribution in [0.3, 0.4) is 0 Å². The molecule has 2 heterocycles. The first-order valence-electron chi connectivity index (χ1n) is 8.59. The molecule has 0 spiro atoms. The van der Waals surface area contributed by atoms with Crippen LogP contribution in [0.1, 0.15) is 49.6 Å². The number of hydrogen-bond donors (Lipinski definition) is 4. The fraction of sp³-hybridized carbons (Fsp3) is 0.150. The Morgan fingerprint density at radius 1 is 1.11 bits per heavy atom. The van der Waals surface area contributed by atoms with Gasteiger partial charge in [0.2, 0.25) is 5.91 Å². The Bertz CT molecular complexity index is 1080. The molecule has 3 aromatic rings. The second-order valence-electron chi connectivity index (χ2n) is 6.68. The first-order valence-corrected chi connectivity index (χ1v) is 8.59. The zero-order chi connectivity index (χ0) is 19.1. The van der Waals surface area contributed by atoms with E-state index >= 15 is 0 Å². The Hall–Kier alpha value is -3.61. The van der Waals surface area contributed by atoms with Crippen molar-refractivity contribution in [2.24, 2.45) is 5.73 Å². The fourth-order valence-corrected chi connectivity index (χ4v) is 3.40. The molecule has 136 valence electrons. The summed E-state index contributed by atoms with van der Waals surface area (Å²) in [7, 11) is 0. The molecule has 0 fully saturated rings. The lowest BCUT2D eigenvalue weighted by Gasteiger charge is -2.19. The third-order valence-corrected chi connectivity index (χ3v) is 4.82. The summed E-state index contributed by atoms with van der Waals surface area (Å²) in [6, 6.07) is 11.7. The van der Waals surface area contributed by atoms with Gasteiger partial charge in [0.1, 0.15) is 5.69 Å². The molecule has 0 aliphatic carbocycles. The molecule has 1 unspecified atom stereocenters. The molecule has 1 atom stereocenters. The first-order chi connectivity index (χ1) is 12.9. The van der Waals surface area contributed by atoms with Crippen LogP contribution in [-0.2, 0) is 0 Å². The van der Waals surface area contributed by atoms with Crippen molar-refractivity contribution in [3.63, 3.8) is 0 Å². The highest BCUT2D eigenvalue weighted by Crippen LogP contribution is 2.32. The van der Waals surface area contributed by atoms with Crippen LogP contribution in [0.2, 0.25) is 0 Å². The molecule has 3 amide bonds. The number of carbonyl (C=O) groups is 3. The van der Waals surface area contributed by atoms with Crippen molar-refractivity contribution in [3.8, 4) is 0 Å². The smallest absolute Gasteiger partial charge is 0.268 e. The molecule has 0 bridgehead atoms. The van der Waals surface area contributed by atoms with Gasteiger partial charge in [-0.05, 0) is 48.0 Å². The topological polar surface area (TPSA) is 117 Å². The molecule has 27 heavy (non-hydrogen) atoms. The van der Waals surface area contributed by atoms with E-state index in [1.807, 2.05) is 6.92 Å². The number of primary amides is 1. The van der Waals surface area contributed by atoms with Crippen molar-refractivity contribution in [1.82, 2.24) is 10.3 Å². The van der Waals surface area contributed by atoms with Crippen LogP contribution in [0.4, 0.5) is 5.69 Å². The van der Waals surface area contributed by atoms with Crippen LogP contribution in [0.15, 0.2) is 42.5 Å². The van der Waals surface area contributed by atoms with E-state index < -0.39 is 5.91 Å². The lowest BCUT2D eigenvalue weighted by Crippen LogP contribution is -2.33. The number of nitrogens with two attached hydrogens (primary N) is 1. The largest absolute Gasteiger partial charge is 0.366 e. The normalized spacial score (nSPS) is 15.9. The quantitative estimate of drug-likeness (QED) is 0.573. The van der Waals surface area contributed by atoms with Gasteiger partial charge in [0.05, 0.1) is 0 Å². The van der Waals surface area contributed by atoms with Crippen molar-refractivity contribution in [2.45, 2.75) is 12.8 Å². The molecule has 4 rings (SSSR count). The Kier molecular flexibility index (Phi) is 3.92. The van der Waals surface area contributed by atoms with Gasteiger partial charge in [-0.25, -0.2) is 0 Å². The molecule has 5 N–H and O–H groups in total. The van der Waals surface area contributed by atoms with Gasteiger partial charge in [-0.2, -0.15) is 0 Å². The fourth-order valence-electron chi connectivity index (χ4n) is 3.40. The third kappa shape index (κ3) is 2.93. The van der Waals surface area contributed by atoms with Gasteiger partial charge in [-0.15, -0.1) is 0 Å². The summed E-state index contributed by atoms with van der Waals surface area (Å²) in [5.41, 5.74) is 8.97. The Morgan fingerprint density at radius 3 is 2.52 bits per heavy atom. The number of benzene rings is 2. The maximum atomic E-state index is 12.6. The van der Waals surface area contributed by atoms with Gasteiger partial charge in [-0.3, -0.25) is 14.4 Å². The first kappa shape index (κ1) is 16.8. The Labute approximate surface area is 154 Å². The third-order valence-electron chi connectivity index (χ3n) is 4.82. The summed E-state index contributed by atoms with van der Waals surface area (Å²) >= 11 is 0. The SMILES string of the molecule is CC1CNC(=O)c2[nH]c3ccc(C(=O)Nc4ccc(C(N)=O)cc4)cc3c21. The van der Waals surface area contributed by atoms with E-state index in [4.69, 9.17) is 5.73 Å². The number of H-pyrrole nitrogens is 1. The highest BCUT2D eigenvalue weighted by atomic mass is 16.2. The average Bonchev–Trinajstić information content (AvgIpc) is 3.05. The van der Waals surface area contributed by atoms with Crippen molar-refractivity contribution in [1.29, 1.82) is 0 Å². The zero-order valence-electron chi connectivity index (χ0n) is 14.6. The molecular formula is C20H18N4O3. The molecule has 1 aliphatic heterocycles. The summed E-state index contributed by atoms with van der Waals surface area (Å²) < 4.78 is 0. The van der Waals surface area contributed by atoms with Crippen molar-refractivity contribution >= 4 is 34.3 Å². The van der Waals surface area contributed by atoms with Gasteiger partial charge in [-0.1, -0.05) is 6.92 Å². The van der Waals surface area contributed by atoms with E-state index in [1.165, 1.54) is 0 Å². The van der Waals surface area contributed by atoms with E-state index in [9.17, 15) is 14.4 Å². The van der Waals surface area contributed by atoms with Crippen LogP contribution in [-0.4, -0.2) is 29.3 Å². The number of aromatic amines is 1. The summed E-state index contributed by atoms with van der Waals surface area (Å²) in [6.45, 7) is 2.61. The predicted octanol–water partition coefficient (Wildman–Crippen LogP) is 2.37. The summed E-state index contributed by atoms with van der Waals surface area (Å²) in [5.74, 6) is -0.758. The number of anilines is 1. The molecular weight excluding hydrogens is 344 g/mol. The van der Waals surface area contributed by atoms with Crippen molar-refractivity contribution in [2.75, 3.05) is 11.9 Å². The Balaban J connectivity index is 1.65. The summed E-state index contributed by atoms with van der Waals surface area (Å²) in [6.07, 6.45) is 0. The van der Waals surface area contributed by atoms with Crippen molar-refractivity contribution < 1.29 is 14.4 Å². The molecule has 1 aromatic heterocycles. The van der Waals surface area contributed by atoms with Gasteiger partial charge in [0.25, 0.3) is 11.8 Å². The monoisotopic (exact) mass is 362 g/mol. The van der Waals surface area contributed by atoms with E-state index in [0.717, 1.165) is 16.5 Å². The second-order valence-corrected chi connectivity index (χ2v) is 6.68. The molecule has 0 radical (unpaired) electrons. The number of rotatable bonds is 3. The number of carbonyl (C=O) groups excluding carboxylic acids is 3. The van der Waals surface area contributed by atoms with E-state index in [0.29, 0.717) is 29.1 Å². The average molecular weight is 362 g/mol. The highest BCUT2D eigenvalue weighted by Gasteiger charge is 2.27. The van der Waals surface area contributed by atoms with Crippen LogP contribution in [0.5, 0.6) is 0 Å². The minimum Gasteiger partial charge on any atom is -0.366 e. The van der Waals surface area contributed by atoms with Crippen LogP contribution in [0, 0.1) is 0 Å². The summed E-state index contributed by atoms with van der Waals surface area (Å²) in [4.78, 5) is 39.0. The van der Waals surface area contributed by atoms with E-state index in [2.05, 4.69) is 15.6 Å². The minimum absolute atomic E-state index is 0.125. The van der Waals surface area contributed by atoms with Gasteiger partial charge in [0.15, 0.2) is 0 Å². The number of amides is 3. The van der Waals surface area contributed by atoms with E-state index in [1.54, 1.807) is 42.5 Å². The number of nitrogens with one attached hydrogen (secondary N) is 3. The van der Waals surface area contributed by atoms with E-state index in [-0.39, 0.29) is 17.7 Å². The maximum Gasteiger partial charge on any atom is 0.268 e. The lowest BCUT2D eigenvalue weighted by atomic mass is 9.93. The molecule has 7 heteroatoms. The maximum absolute atomic E-state index is 12.6. The van der Waals surface area contributed by atoms with Gasteiger partial charge >= 0.3 is 0 Å². The van der Waals surface area contributed by atoms with Gasteiger partial charge in [0, 0.05) is 40.2 Å². The van der Waals surface area contributed by atoms with Crippen LogP contribution in [0.25, 0.3) is 10.9 Å². The number of fused-ring (bicyclic) bond motifs is 3. The minimum atomic E-state index is -0.520. The second kappa shape index (κ2) is 6.28. The van der Waals surface area contributed by atoms with Crippen LogP contribution >= 0.6 is 0 Å². The molecule has 7 nitrogen and oxygen atoms in total. The molecule has 2 aromatic carbocycles. The number of hydrogen-bond acceptors (Lipinski definition) is 3. The zero-order valence-corrected chi connectivity index (χ0v) is 14.6. The molecule has 0 saturated heterocycles. The van der Waals surface area contributed by atoms with Crippen LogP contribution < -0.4 is 16.4 Å². The summed E-state index contributed by atoms with van der Waals surface area (Å²) in [5, 5.41) is 6.53. The van der Waals surface area contributed by atoms with Gasteiger partial charge < -0.3 is 21.4 Å². The molecule has 0 saturated carbocycles. The standard InChI is InChI=1S/C20H18N4O3/c1-10-9-22-20(27)17-16(10)14-8-12(4-7-15(14)24-17)19(26)23-13-5-2-11(3-6-13)18(21)25/h2-8,10,24H,9H2,1H3,(H2,21,25)(H,22,27)(H,23,26).